The Hall–Kier alpha value is -3.18. The molecule has 0 aliphatic rings. The van der Waals surface area contributed by atoms with E-state index < -0.39 is 76.0 Å². The van der Waals surface area contributed by atoms with Crippen molar-refractivity contribution in [3.8, 4) is 0 Å². The van der Waals surface area contributed by atoms with Gasteiger partial charge in [-0.3, -0.25) is 9.59 Å². The first-order chi connectivity index (χ1) is 19.8. The van der Waals surface area contributed by atoms with Crippen LogP contribution in [0.1, 0.15) is 23.2 Å². The van der Waals surface area contributed by atoms with Gasteiger partial charge < -0.3 is 25.1 Å². The predicted molar refractivity (Wildman–Crippen MR) is 157 cm³/mol. The van der Waals surface area contributed by atoms with Gasteiger partial charge >= 0.3 is 130 Å². The Balaban J connectivity index is 1.93. The number of aliphatic carboxylic acids is 2. The van der Waals surface area contributed by atoms with Gasteiger partial charge in [-0.1, -0.05) is 6.07 Å². The van der Waals surface area contributed by atoms with Crippen molar-refractivity contribution in [2.24, 2.45) is 0 Å². The second-order valence-electron chi connectivity index (χ2n) is 8.50. The van der Waals surface area contributed by atoms with E-state index in [4.69, 9.17) is 0 Å². The van der Waals surface area contributed by atoms with Crippen LogP contribution < -0.4 is 35.8 Å². The molecule has 0 aliphatic carbocycles. The van der Waals surface area contributed by atoms with Gasteiger partial charge in [0.05, 0.1) is 24.5 Å². The van der Waals surface area contributed by atoms with Gasteiger partial charge in [0.1, 0.15) is 0 Å². The summed E-state index contributed by atoms with van der Waals surface area (Å²) >= 11 is -0.0920. The van der Waals surface area contributed by atoms with Crippen LogP contribution in [0.4, 0.5) is 5.69 Å². The number of amides is 4. The molecule has 2 atom stereocenters. The SMILES string of the molecule is O=C([O-])CNC(=O)[C@H](CSCC(=O)Nc1ccc([As](O)O)cc1)NC(=O)CC[C@H](NC(=O)c1cccc([123I])c1)C(=O)[O-]. The second-order valence-corrected chi connectivity index (χ2v) is 13.1. The van der Waals surface area contributed by atoms with Crippen molar-refractivity contribution < 1.29 is 47.2 Å². The first-order valence-corrected chi connectivity index (χ1v) is 16.9. The number of benzene rings is 2. The van der Waals surface area contributed by atoms with Crippen LogP contribution >= 0.6 is 34.4 Å². The van der Waals surface area contributed by atoms with Crippen LogP contribution in [-0.4, -0.2) is 89.2 Å². The Morgan fingerprint density at radius 3 is 2.21 bits per heavy atom. The van der Waals surface area contributed by atoms with Gasteiger partial charge in [0, 0.05) is 15.6 Å². The normalized spacial score (nSPS) is 12.1. The Morgan fingerprint density at radius 2 is 1.62 bits per heavy atom. The smallest absolute Gasteiger partial charge is 0.548 e. The van der Waals surface area contributed by atoms with Crippen LogP contribution in [-0.2, 0) is 24.0 Å². The van der Waals surface area contributed by atoms with Crippen molar-refractivity contribution in [1.29, 1.82) is 0 Å². The number of thioether (sulfide) groups is 1. The van der Waals surface area contributed by atoms with E-state index in [1.807, 2.05) is 22.6 Å². The van der Waals surface area contributed by atoms with Crippen molar-refractivity contribution in [1.82, 2.24) is 16.0 Å². The van der Waals surface area contributed by atoms with E-state index in [0.717, 1.165) is 15.3 Å². The average molecular weight is 772 g/mol. The molecule has 0 fully saturated rings. The van der Waals surface area contributed by atoms with E-state index in [2.05, 4.69) is 21.3 Å². The molecule has 2 rings (SSSR count). The summed E-state index contributed by atoms with van der Waals surface area (Å²) in [5.74, 6) is -6.26. The Bertz CT molecular complexity index is 1300. The molecule has 0 aliphatic heterocycles. The van der Waals surface area contributed by atoms with Crippen molar-refractivity contribution in [3.05, 3.63) is 57.7 Å². The molecule has 0 bridgehead atoms. The van der Waals surface area contributed by atoms with Crippen LogP contribution in [0.2, 0.25) is 0 Å². The van der Waals surface area contributed by atoms with E-state index in [1.165, 1.54) is 30.3 Å². The Morgan fingerprint density at radius 1 is 0.929 bits per heavy atom. The number of anilines is 1. The number of carbonyl (C=O) groups is 6. The quantitative estimate of drug-likeness (QED) is 0.0718. The molecule has 0 aromatic heterocycles. The minimum atomic E-state index is -3.03. The number of rotatable bonds is 16. The molecule has 0 saturated carbocycles. The first kappa shape index (κ1) is 35.0. The molecule has 226 valence electrons. The number of hydrogen-bond donors (Lipinski definition) is 6. The molecule has 2 aromatic carbocycles. The van der Waals surface area contributed by atoms with Crippen molar-refractivity contribution >= 4 is 95.3 Å². The predicted octanol–water partition coefficient (Wildman–Crippen LogP) is -3.68. The fraction of sp³-hybridized carbons (Fsp3) is 0.280. The fourth-order valence-corrected chi connectivity index (χ4v) is 5.53. The standard InChI is InChI=1S/C25H28AsIN4O10S/c27-16-3-1-2-14(10-16)23(36)31-18(25(38)39)8-9-20(32)30-19(24(37)28-11-22(34)35)12-42-13-21(33)29-17-6-4-15(5-7-17)26(40)41/h1-7,10,18-19,40-41H,8-9,11-13H2,(H,28,37)(H,29,33)(H,30,32)(H,31,36)(H,34,35)(H,38,39)/p-2/t18-,19-/m0/s1/i27-4. The maximum atomic E-state index is 12.6. The van der Waals surface area contributed by atoms with Crippen LogP contribution in [0.3, 0.4) is 0 Å². The molecule has 17 heteroatoms. The van der Waals surface area contributed by atoms with Crippen molar-refractivity contribution in [2.75, 3.05) is 23.4 Å². The van der Waals surface area contributed by atoms with E-state index in [1.54, 1.807) is 18.2 Å². The summed E-state index contributed by atoms with van der Waals surface area (Å²) in [6.07, 6.45) is -0.788. The monoisotopic (exact) mass is 772 g/mol. The van der Waals surface area contributed by atoms with Crippen molar-refractivity contribution in [3.63, 3.8) is 0 Å². The maximum absolute atomic E-state index is 12.6. The molecular formula is C25H26AsIN4O10S-2. The van der Waals surface area contributed by atoms with E-state index in [-0.39, 0.29) is 23.5 Å². The van der Waals surface area contributed by atoms with Crippen LogP contribution in [0.5, 0.6) is 0 Å². The van der Waals surface area contributed by atoms with Gasteiger partial charge in [0.2, 0.25) is 0 Å². The Kier molecular flexibility index (Phi) is 14.8. The van der Waals surface area contributed by atoms with Gasteiger partial charge in [-0.25, -0.2) is 0 Å². The molecule has 0 saturated heterocycles. The third kappa shape index (κ3) is 12.8. The summed E-state index contributed by atoms with van der Waals surface area (Å²) in [4.78, 5) is 72.0. The van der Waals surface area contributed by atoms with Crippen LogP contribution in [0, 0.1) is 3.57 Å². The number of carbonyl (C=O) groups excluding carboxylic acids is 6. The minimum absolute atomic E-state index is 0.146. The zero-order chi connectivity index (χ0) is 31.2. The van der Waals surface area contributed by atoms with Gasteiger partial charge in [-0.2, -0.15) is 0 Å². The van der Waals surface area contributed by atoms with Crippen molar-refractivity contribution in [2.45, 2.75) is 24.9 Å². The Labute approximate surface area is 263 Å². The molecule has 42 heavy (non-hydrogen) atoms. The second kappa shape index (κ2) is 17.7. The summed E-state index contributed by atoms with van der Waals surface area (Å²) < 4.78 is 19.7. The third-order valence-electron chi connectivity index (χ3n) is 5.30. The van der Waals surface area contributed by atoms with Gasteiger partial charge in [0.25, 0.3) is 5.91 Å². The summed E-state index contributed by atoms with van der Waals surface area (Å²) in [5, 5.41) is 31.6. The van der Waals surface area contributed by atoms with E-state index in [0.29, 0.717) is 10.0 Å². The summed E-state index contributed by atoms with van der Waals surface area (Å²) in [7, 11) is 0. The summed E-state index contributed by atoms with van der Waals surface area (Å²) in [6, 6.07) is 9.52. The molecule has 6 N–H and O–H groups in total. The number of hydrogen-bond acceptors (Lipinski definition) is 11. The average Bonchev–Trinajstić information content (AvgIpc) is 2.93. The minimum Gasteiger partial charge on any atom is -0.548 e. The fourth-order valence-electron chi connectivity index (χ4n) is 3.27. The molecule has 14 nitrogen and oxygen atoms in total. The molecule has 4 amide bonds. The number of carboxylic acid groups (broad SMARTS) is 2. The zero-order valence-corrected chi connectivity index (χ0v) is 26.6. The molecule has 0 radical (unpaired) electrons. The topological polar surface area (TPSA) is 237 Å². The summed E-state index contributed by atoms with van der Waals surface area (Å²) in [6.45, 7) is -0.824. The van der Waals surface area contributed by atoms with E-state index in [9.17, 15) is 47.2 Å². The molecule has 2 aromatic rings. The molecule has 0 spiro atoms. The van der Waals surface area contributed by atoms with E-state index >= 15 is 0 Å². The van der Waals surface area contributed by atoms with Gasteiger partial charge in [-0.15, -0.1) is 0 Å². The number of nitrogens with one attached hydrogen (secondary N) is 4. The van der Waals surface area contributed by atoms with Gasteiger partial charge in [0.15, 0.2) is 0 Å². The number of halogens is 1. The van der Waals surface area contributed by atoms with Crippen LogP contribution in [0.25, 0.3) is 0 Å². The zero-order valence-electron chi connectivity index (χ0n) is 21.7. The van der Waals surface area contributed by atoms with Gasteiger partial charge in [-0.05, 0) is 47.2 Å². The summed E-state index contributed by atoms with van der Waals surface area (Å²) in [5.41, 5.74) is 0.611. The number of carboxylic acids is 2. The third-order valence-corrected chi connectivity index (χ3v) is 8.60. The molecular weight excluding hydrogens is 746 g/mol. The van der Waals surface area contributed by atoms with Crippen LogP contribution in [0.15, 0.2) is 48.5 Å². The molecule has 0 heterocycles. The first-order valence-electron chi connectivity index (χ1n) is 12.1. The molecule has 0 unspecified atom stereocenters.